The summed E-state index contributed by atoms with van der Waals surface area (Å²) in [5.74, 6) is 0.286. The van der Waals surface area contributed by atoms with Crippen LogP contribution in [0.3, 0.4) is 0 Å². The third-order valence-electron chi connectivity index (χ3n) is 3.77. The van der Waals surface area contributed by atoms with Gasteiger partial charge in [0.25, 0.3) is 5.91 Å². The lowest BCUT2D eigenvalue weighted by Gasteiger charge is -2.17. The number of nitrogens with one attached hydrogen (secondary N) is 1. The highest BCUT2D eigenvalue weighted by atomic mass is 32.2. The Balaban J connectivity index is 1.74. The lowest BCUT2D eigenvalue weighted by Crippen LogP contribution is -2.25. The summed E-state index contributed by atoms with van der Waals surface area (Å²) in [4.78, 5) is 12.4. The van der Waals surface area contributed by atoms with Crippen molar-refractivity contribution in [3.63, 3.8) is 0 Å². The van der Waals surface area contributed by atoms with E-state index in [-0.39, 0.29) is 11.7 Å². The molecule has 1 saturated heterocycles. The molecule has 1 fully saturated rings. The molecule has 1 aliphatic rings. The molecule has 2 aromatic rings. The third-order valence-corrected chi connectivity index (χ3v) is 6.50. The molecule has 0 spiro atoms. The summed E-state index contributed by atoms with van der Waals surface area (Å²) in [7, 11) is -3.27. The normalized spacial score (nSPS) is 16.4. The molecule has 1 aliphatic heterocycles. The van der Waals surface area contributed by atoms with Gasteiger partial charge in [-0.15, -0.1) is 10.2 Å². The lowest BCUT2D eigenvalue weighted by molar-refractivity contribution is 0.102. The van der Waals surface area contributed by atoms with Gasteiger partial charge in [-0.2, -0.15) is 0 Å². The van der Waals surface area contributed by atoms with E-state index in [9.17, 15) is 13.2 Å². The molecular weight excluding hydrogens is 360 g/mol. The first-order valence-corrected chi connectivity index (χ1v) is 10.5. The van der Waals surface area contributed by atoms with Crippen LogP contribution in [0.2, 0.25) is 0 Å². The van der Waals surface area contributed by atoms with Crippen LogP contribution >= 0.6 is 11.3 Å². The Bertz CT molecular complexity index is 877. The Labute approximate surface area is 151 Å². The second-order valence-electron chi connectivity index (χ2n) is 6.35. The number of hydrogen-bond donors (Lipinski definition) is 1. The Hall–Kier alpha value is -2.00. The van der Waals surface area contributed by atoms with Gasteiger partial charge >= 0.3 is 0 Å². The van der Waals surface area contributed by atoms with E-state index in [2.05, 4.69) is 29.4 Å². The predicted molar refractivity (Wildman–Crippen MR) is 98.6 cm³/mol. The van der Waals surface area contributed by atoms with E-state index >= 15 is 0 Å². The van der Waals surface area contributed by atoms with E-state index < -0.39 is 10.0 Å². The van der Waals surface area contributed by atoms with Crippen molar-refractivity contribution in [1.82, 2.24) is 10.2 Å². The lowest BCUT2D eigenvalue weighted by atomic mass is 10.1. The zero-order valence-corrected chi connectivity index (χ0v) is 15.7. The number of hydrogen-bond acceptors (Lipinski definition) is 6. The highest BCUT2D eigenvalue weighted by Crippen LogP contribution is 2.25. The Morgan fingerprint density at radius 3 is 2.84 bits per heavy atom. The van der Waals surface area contributed by atoms with Gasteiger partial charge in [-0.05, 0) is 30.5 Å². The first-order valence-electron chi connectivity index (χ1n) is 8.09. The maximum absolute atomic E-state index is 12.4. The monoisotopic (exact) mass is 380 g/mol. The van der Waals surface area contributed by atoms with E-state index in [1.54, 1.807) is 24.3 Å². The third kappa shape index (κ3) is 4.16. The second-order valence-corrected chi connectivity index (χ2v) is 9.42. The van der Waals surface area contributed by atoms with E-state index in [0.717, 1.165) is 11.4 Å². The van der Waals surface area contributed by atoms with Crippen molar-refractivity contribution in [1.29, 1.82) is 0 Å². The minimum absolute atomic E-state index is 0.146. The van der Waals surface area contributed by atoms with Gasteiger partial charge in [-0.25, -0.2) is 8.42 Å². The van der Waals surface area contributed by atoms with Crippen molar-refractivity contribution in [2.75, 3.05) is 21.9 Å². The Kier molecular flexibility index (Phi) is 5.05. The van der Waals surface area contributed by atoms with Crippen LogP contribution in [-0.2, 0) is 16.4 Å². The fourth-order valence-electron chi connectivity index (χ4n) is 2.64. The van der Waals surface area contributed by atoms with Crippen LogP contribution in [0.1, 0.15) is 35.6 Å². The molecule has 1 N–H and O–H groups in total. The van der Waals surface area contributed by atoms with E-state index in [1.807, 2.05) is 0 Å². The van der Waals surface area contributed by atoms with Crippen molar-refractivity contribution in [3.05, 3.63) is 34.8 Å². The minimum atomic E-state index is -3.27. The highest BCUT2D eigenvalue weighted by Gasteiger charge is 2.28. The summed E-state index contributed by atoms with van der Waals surface area (Å²) < 4.78 is 25.4. The molecule has 3 rings (SSSR count). The second kappa shape index (κ2) is 7.09. The average Bonchev–Trinajstić information content (AvgIpc) is 3.12. The first kappa shape index (κ1) is 17.8. The summed E-state index contributed by atoms with van der Waals surface area (Å²) >= 11 is 1.35. The molecule has 1 amide bonds. The largest absolute Gasteiger partial charge is 0.296 e. The van der Waals surface area contributed by atoms with E-state index in [1.165, 1.54) is 15.6 Å². The molecule has 1 aromatic carbocycles. The number of nitrogens with zero attached hydrogens (tertiary/aromatic N) is 3. The van der Waals surface area contributed by atoms with Gasteiger partial charge < -0.3 is 0 Å². The molecule has 0 bridgehead atoms. The fraction of sp³-hybridized carbons (Fsp3) is 0.438. The van der Waals surface area contributed by atoms with E-state index in [4.69, 9.17) is 0 Å². The molecule has 0 saturated carbocycles. The SMILES string of the molecule is CC(C)Cc1nnc(NC(=O)c2cccc(N3CCCS3(=O)=O)c2)s1. The molecule has 7 nitrogen and oxygen atoms in total. The van der Waals surface area contributed by atoms with Crippen LogP contribution in [0.4, 0.5) is 10.8 Å². The van der Waals surface area contributed by atoms with Crippen LogP contribution in [0.5, 0.6) is 0 Å². The van der Waals surface area contributed by atoms with Crippen LogP contribution in [0, 0.1) is 5.92 Å². The summed E-state index contributed by atoms with van der Waals surface area (Å²) in [6.45, 7) is 4.64. The van der Waals surface area contributed by atoms with Crippen LogP contribution in [0.15, 0.2) is 24.3 Å². The minimum Gasteiger partial charge on any atom is -0.296 e. The number of benzene rings is 1. The molecule has 1 aromatic heterocycles. The molecule has 0 unspecified atom stereocenters. The quantitative estimate of drug-likeness (QED) is 0.860. The van der Waals surface area contributed by atoms with Gasteiger partial charge in [0, 0.05) is 18.5 Å². The number of aromatic nitrogens is 2. The maximum Gasteiger partial charge on any atom is 0.257 e. The van der Waals surface area contributed by atoms with Gasteiger partial charge in [0.2, 0.25) is 15.2 Å². The topological polar surface area (TPSA) is 92.3 Å². The Morgan fingerprint density at radius 1 is 1.36 bits per heavy atom. The number of amides is 1. The molecule has 0 atom stereocenters. The van der Waals surface area contributed by atoms with Crippen molar-refractivity contribution in [2.45, 2.75) is 26.7 Å². The number of sulfonamides is 1. The molecule has 25 heavy (non-hydrogen) atoms. The molecule has 9 heteroatoms. The van der Waals surface area contributed by atoms with Gasteiger partial charge in [0.1, 0.15) is 5.01 Å². The van der Waals surface area contributed by atoms with Crippen molar-refractivity contribution >= 4 is 38.1 Å². The van der Waals surface area contributed by atoms with Crippen molar-refractivity contribution in [3.8, 4) is 0 Å². The molecular formula is C16H20N4O3S2. The van der Waals surface area contributed by atoms with Crippen LogP contribution < -0.4 is 9.62 Å². The molecule has 0 aliphatic carbocycles. The van der Waals surface area contributed by atoms with Crippen LogP contribution in [0.25, 0.3) is 0 Å². The summed E-state index contributed by atoms with van der Waals surface area (Å²) in [6.07, 6.45) is 1.41. The number of rotatable bonds is 5. The number of carbonyl (C=O) groups is 1. The summed E-state index contributed by atoms with van der Waals surface area (Å²) in [5.41, 5.74) is 0.906. The van der Waals surface area contributed by atoms with Crippen molar-refractivity contribution in [2.24, 2.45) is 5.92 Å². The first-order chi connectivity index (χ1) is 11.8. The smallest absolute Gasteiger partial charge is 0.257 e. The van der Waals surface area contributed by atoms with E-state index in [0.29, 0.717) is 35.3 Å². The standard InChI is InChI=1S/C16H20N4O3S2/c1-11(2)9-14-18-19-16(24-14)17-15(21)12-5-3-6-13(10-12)20-7-4-8-25(20,22)23/h3,5-6,10-11H,4,7-9H2,1-2H3,(H,17,19,21). The maximum atomic E-state index is 12.4. The molecule has 134 valence electrons. The Morgan fingerprint density at radius 2 is 2.16 bits per heavy atom. The number of carbonyl (C=O) groups excluding carboxylic acids is 1. The van der Waals surface area contributed by atoms with Crippen molar-refractivity contribution < 1.29 is 13.2 Å². The van der Waals surface area contributed by atoms with Gasteiger partial charge in [-0.3, -0.25) is 14.4 Å². The van der Waals surface area contributed by atoms with Gasteiger partial charge in [-0.1, -0.05) is 31.3 Å². The highest BCUT2D eigenvalue weighted by molar-refractivity contribution is 7.93. The van der Waals surface area contributed by atoms with Gasteiger partial charge in [0.05, 0.1) is 11.4 Å². The summed E-state index contributed by atoms with van der Waals surface area (Å²) in [5, 5.41) is 12.1. The fourth-order valence-corrected chi connectivity index (χ4v) is 5.14. The number of anilines is 2. The molecule has 2 heterocycles. The van der Waals surface area contributed by atoms with Gasteiger partial charge in [0.15, 0.2) is 0 Å². The predicted octanol–water partition coefficient (Wildman–Crippen LogP) is 2.53. The molecule has 0 radical (unpaired) electrons. The average molecular weight is 380 g/mol. The summed E-state index contributed by atoms with van der Waals surface area (Å²) in [6, 6.07) is 6.62. The zero-order valence-electron chi connectivity index (χ0n) is 14.1. The zero-order chi connectivity index (χ0) is 18.0. The van der Waals surface area contributed by atoms with Crippen LogP contribution in [-0.4, -0.2) is 36.8 Å².